The molecule has 0 aliphatic carbocycles. The molecule has 1 heterocycles. The Kier molecular flexibility index (Phi) is 2.24. The Labute approximate surface area is 73.6 Å². The Morgan fingerprint density at radius 2 is 2.17 bits per heavy atom. The average Bonchev–Trinajstić information content (AvgIpc) is 2.31. The van der Waals surface area contributed by atoms with Crippen molar-refractivity contribution in [2.75, 3.05) is 6.54 Å². The van der Waals surface area contributed by atoms with Gasteiger partial charge in [-0.05, 0) is 13.0 Å². The fourth-order valence-electron chi connectivity index (χ4n) is 1.35. The highest BCUT2D eigenvalue weighted by molar-refractivity contribution is 5.18. The number of aromatic nitrogens is 2. The third-order valence-electron chi connectivity index (χ3n) is 2.21. The van der Waals surface area contributed by atoms with Gasteiger partial charge in [0.15, 0.2) is 0 Å². The third kappa shape index (κ3) is 1.50. The predicted octanol–water partition coefficient (Wildman–Crippen LogP) is 0.965. The van der Waals surface area contributed by atoms with Crippen LogP contribution in [0.1, 0.15) is 25.2 Å². The Hall–Kier alpha value is -0.830. The number of rotatable bonds is 2. The fourth-order valence-corrected chi connectivity index (χ4v) is 1.35. The van der Waals surface area contributed by atoms with Gasteiger partial charge in [-0.25, -0.2) is 0 Å². The molecular weight excluding hydrogens is 150 g/mol. The van der Waals surface area contributed by atoms with E-state index in [1.165, 1.54) is 5.69 Å². The van der Waals surface area contributed by atoms with Crippen molar-refractivity contribution < 1.29 is 0 Å². The minimum absolute atomic E-state index is 0.0238. The summed E-state index contributed by atoms with van der Waals surface area (Å²) in [5.74, 6) is 0. The van der Waals surface area contributed by atoms with E-state index in [-0.39, 0.29) is 5.41 Å². The molecule has 0 radical (unpaired) electrons. The molecule has 3 nitrogen and oxygen atoms in total. The summed E-state index contributed by atoms with van der Waals surface area (Å²) in [6, 6.07) is 2.09. The highest BCUT2D eigenvalue weighted by atomic mass is 15.3. The lowest BCUT2D eigenvalue weighted by Gasteiger charge is -2.22. The molecule has 0 unspecified atom stereocenters. The predicted molar refractivity (Wildman–Crippen MR) is 50.0 cm³/mol. The lowest BCUT2D eigenvalue weighted by Crippen LogP contribution is -2.30. The van der Waals surface area contributed by atoms with E-state index in [4.69, 9.17) is 5.73 Å². The molecule has 0 aliphatic heterocycles. The van der Waals surface area contributed by atoms with Crippen LogP contribution in [-0.4, -0.2) is 16.3 Å². The van der Waals surface area contributed by atoms with Gasteiger partial charge < -0.3 is 5.73 Å². The molecule has 1 aromatic heterocycles. The average molecular weight is 167 g/mol. The number of hydrogen-bond donors (Lipinski definition) is 1. The van der Waals surface area contributed by atoms with Gasteiger partial charge in [0.05, 0.1) is 5.69 Å². The van der Waals surface area contributed by atoms with E-state index in [0.717, 1.165) is 5.69 Å². The Morgan fingerprint density at radius 1 is 1.58 bits per heavy atom. The quantitative estimate of drug-likeness (QED) is 0.713. The van der Waals surface area contributed by atoms with Crippen molar-refractivity contribution in [3.63, 3.8) is 0 Å². The smallest absolute Gasteiger partial charge is 0.0596 e. The first-order chi connectivity index (χ1) is 5.47. The minimum Gasteiger partial charge on any atom is -0.330 e. The molecule has 2 N–H and O–H groups in total. The van der Waals surface area contributed by atoms with Gasteiger partial charge in [-0.15, -0.1) is 0 Å². The third-order valence-corrected chi connectivity index (χ3v) is 2.21. The molecule has 0 aliphatic rings. The zero-order valence-corrected chi connectivity index (χ0v) is 8.26. The lowest BCUT2D eigenvalue weighted by molar-refractivity contribution is 0.487. The Morgan fingerprint density at radius 3 is 2.50 bits per heavy atom. The Balaban J connectivity index is 3.09. The molecule has 1 rings (SSSR count). The van der Waals surface area contributed by atoms with E-state index in [0.29, 0.717) is 6.54 Å². The second-order valence-corrected chi connectivity index (χ2v) is 3.88. The van der Waals surface area contributed by atoms with Crippen molar-refractivity contribution in [1.29, 1.82) is 0 Å². The van der Waals surface area contributed by atoms with Crippen LogP contribution in [0.2, 0.25) is 0 Å². The largest absolute Gasteiger partial charge is 0.330 e. The van der Waals surface area contributed by atoms with Crippen LogP contribution in [0.4, 0.5) is 0 Å². The van der Waals surface area contributed by atoms with Gasteiger partial charge in [-0.2, -0.15) is 5.10 Å². The number of nitrogens with two attached hydrogens (primary N) is 1. The van der Waals surface area contributed by atoms with Crippen molar-refractivity contribution in [1.82, 2.24) is 9.78 Å². The van der Waals surface area contributed by atoms with Crippen LogP contribution in [0.15, 0.2) is 6.07 Å². The molecule has 0 fully saturated rings. The normalized spacial score (nSPS) is 12.1. The van der Waals surface area contributed by atoms with Crippen LogP contribution in [0.3, 0.4) is 0 Å². The van der Waals surface area contributed by atoms with E-state index in [1.807, 2.05) is 18.7 Å². The van der Waals surface area contributed by atoms with E-state index in [2.05, 4.69) is 25.0 Å². The molecule has 12 heavy (non-hydrogen) atoms. The molecule has 0 bridgehead atoms. The summed E-state index contributed by atoms with van der Waals surface area (Å²) < 4.78 is 1.90. The van der Waals surface area contributed by atoms with Crippen LogP contribution in [0.25, 0.3) is 0 Å². The van der Waals surface area contributed by atoms with Crippen LogP contribution >= 0.6 is 0 Å². The maximum Gasteiger partial charge on any atom is 0.0596 e. The van der Waals surface area contributed by atoms with Gasteiger partial charge in [0.1, 0.15) is 0 Å². The van der Waals surface area contributed by atoms with Gasteiger partial charge in [-0.3, -0.25) is 4.68 Å². The summed E-state index contributed by atoms with van der Waals surface area (Å²) in [7, 11) is 1.96. The van der Waals surface area contributed by atoms with Gasteiger partial charge in [0.25, 0.3) is 0 Å². The highest BCUT2D eigenvalue weighted by Gasteiger charge is 2.22. The summed E-state index contributed by atoms with van der Waals surface area (Å²) in [6.45, 7) is 6.90. The molecule has 0 aromatic carbocycles. The van der Waals surface area contributed by atoms with Crippen molar-refractivity contribution in [2.45, 2.75) is 26.2 Å². The standard InChI is InChI=1S/C9H17N3/c1-7-5-8(12(4)11-7)9(2,3)6-10/h5H,6,10H2,1-4H3. The van der Waals surface area contributed by atoms with Gasteiger partial charge in [-0.1, -0.05) is 13.8 Å². The Bertz CT molecular complexity index is 273. The number of aryl methyl sites for hydroxylation is 2. The zero-order valence-electron chi connectivity index (χ0n) is 8.26. The first-order valence-corrected chi connectivity index (χ1v) is 4.18. The second kappa shape index (κ2) is 2.90. The topological polar surface area (TPSA) is 43.8 Å². The van der Waals surface area contributed by atoms with Gasteiger partial charge in [0.2, 0.25) is 0 Å². The van der Waals surface area contributed by atoms with Crippen molar-refractivity contribution in [3.8, 4) is 0 Å². The zero-order chi connectivity index (χ0) is 9.35. The van der Waals surface area contributed by atoms with E-state index >= 15 is 0 Å². The molecule has 68 valence electrons. The maximum absolute atomic E-state index is 5.68. The van der Waals surface area contributed by atoms with Crippen molar-refractivity contribution in [2.24, 2.45) is 12.8 Å². The van der Waals surface area contributed by atoms with E-state index < -0.39 is 0 Å². The first-order valence-electron chi connectivity index (χ1n) is 4.18. The van der Waals surface area contributed by atoms with Gasteiger partial charge >= 0.3 is 0 Å². The monoisotopic (exact) mass is 167 g/mol. The van der Waals surface area contributed by atoms with Crippen molar-refractivity contribution in [3.05, 3.63) is 17.5 Å². The molecule has 3 heteroatoms. The van der Waals surface area contributed by atoms with Crippen LogP contribution in [0.5, 0.6) is 0 Å². The summed E-state index contributed by atoms with van der Waals surface area (Å²) in [6.07, 6.45) is 0. The minimum atomic E-state index is 0.0238. The van der Waals surface area contributed by atoms with Crippen molar-refractivity contribution >= 4 is 0 Å². The first kappa shape index (κ1) is 9.26. The number of nitrogens with zero attached hydrogens (tertiary/aromatic N) is 2. The molecule has 0 atom stereocenters. The molecule has 1 aromatic rings. The highest BCUT2D eigenvalue weighted by Crippen LogP contribution is 2.21. The van der Waals surface area contributed by atoms with Crippen LogP contribution in [-0.2, 0) is 12.5 Å². The SMILES string of the molecule is Cc1cc(C(C)(C)CN)n(C)n1. The molecule has 0 saturated carbocycles. The van der Waals surface area contributed by atoms with Crippen LogP contribution < -0.4 is 5.73 Å². The summed E-state index contributed by atoms with van der Waals surface area (Å²) >= 11 is 0. The maximum atomic E-state index is 5.68. The summed E-state index contributed by atoms with van der Waals surface area (Å²) in [5, 5.41) is 4.29. The van der Waals surface area contributed by atoms with E-state index in [9.17, 15) is 0 Å². The summed E-state index contributed by atoms with van der Waals surface area (Å²) in [4.78, 5) is 0. The second-order valence-electron chi connectivity index (χ2n) is 3.88. The van der Waals surface area contributed by atoms with Crippen LogP contribution in [0, 0.1) is 6.92 Å². The lowest BCUT2D eigenvalue weighted by atomic mass is 9.89. The van der Waals surface area contributed by atoms with Gasteiger partial charge in [0, 0.05) is 24.7 Å². The number of hydrogen-bond acceptors (Lipinski definition) is 2. The molecule has 0 saturated heterocycles. The van der Waals surface area contributed by atoms with E-state index in [1.54, 1.807) is 0 Å². The molecular formula is C9H17N3. The molecule has 0 amide bonds. The summed E-state index contributed by atoms with van der Waals surface area (Å²) in [5.41, 5.74) is 7.95. The fraction of sp³-hybridized carbons (Fsp3) is 0.667. The molecule has 0 spiro atoms.